The van der Waals surface area contributed by atoms with Crippen LogP contribution in [0.2, 0.25) is 0 Å². The van der Waals surface area contributed by atoms with Crippen LogP contribution in [0.1, 0.15) is 27.2 Å². The minimum absolute atomic E-state index is 0.219. The number of carbonyl (C=O) groups is 3. The van der Waals surface area contributed by atoms with Gasteiger partial charge >= 0.3 is 17.8 Å². The zero-order valence-electron chi connectivity index (χ0n) is 11.7. The molecule has 0 aliphatic heterocycles. The summed E-state index contributed by atoms with van der Waals surface area (Å²) in [5.41, 5.74) is 6.55. The molecule has 8 heteroatoms. The van der Waals surface area contributed by atoms with Crippen molar-refractivity contribution in [1.29, 1.82) is 0 Å². The van der Waals surface area contributed by atoms with Gasteiger partial charge in [0.25, 0.3) is 0 Å². The normalized spacial score (nSPS) is 12.7. The fraction of sp³-hybridized carbons (Fsp3) is 0.462. The lowest BCUT2D eigenvalue weighted by molar-refractivity contribution is -0.136. The van der Waals surface area contributed by atoms with E-state index in [0.29, 0.717) is 10.6 Å². The number of esters is 1. The van der Waals surface area contributed by atoms with Crippen molar-refractivity contribution in [3.05, 3.63) is 16.0 Å². The minimum atomic E-state index is -0.812. The summed E-state index contributed by atoms with van der Waals surface area (Å²) in [7, 11) is 1.29. The number of rotatable bonds is 4. The molecule has 21 heavy (non-hydrogen) atoms. The molecule has 114 valence electrons. The number of nitrogens with two attached hydrogens (primary N) is 1. The molecular weight excluding hydrogens is 294 g/mol. The van der Waals surface area contributed by atoms with Crippen LogP contribution in [-0.4, -0.2) is 38.0 Å². The van der Waals surface area contributed by atoms with E-state index in [1.807, 2.05) is 0 Å². The first kappa shape index (κ1) is 15.5. The van der Waals surface area contributed by atoms with Crippen LogP contribution in [0.4, 0.5) is 5.00 Å². The Morgan fingerprint density at radius 2 is 2.05 bits per heavy atom. The minimum Gasteiger partial charge on any atom is -0.465 e. The summed E-state index contributed by atoms with van der Waals surface area (Å²) in [4.78, 5) is 36.3. The number of thiophene rings is 1. The smallest absolute Gasteiger partial charge is 0.341 e. The van der Waals surface area contributed by atoms with Gasteiger partial charge < -0.3 is 21.1 Å². The van der Waals surface area contributed by atoms with E-state index in [2.05, 4.69) is 10.6 Å². The van der Waals surface area contributed by atoms with E-state index < -0.39 is 17.8 Å². The summed E-state index contributed by atoms with van der Waals surface area (Å²) in [6, 6.07) is 0. The summed E-state index contributed by atoms with van der Waals surface area (Å²) in [5.74, 6) is -2.08. The molecule has 0 fully saturated rings. The lowest BCUT2D eigenvalue weighted by atomic mass is 10.1. The van der Waals surface area contributed by atoms with Gasteiger partial charge in [0, 0.05) is 18.0 Å². The predicted molar refractivity (Wildman–Crippen MR) is 78.4 cm³/mol. The summed E-state index contributed by atoms with van der Waals surface area (Å²) >= 11 is 1.32. The maximum atomic E-state index is 11.9. The monoisotopic (exact) mass is 311 g/mol. The van der Waals surface area contributed by atoms with E-state index in [0.717, 1.165) is 29.7 Å². The van der Waals surface area contributed by atoms with Gasteiger partial charge in [0.2, 0.25) is 0 Å². The highest BCUT2D eigenvalue weighted by Gasteiger charge is 2.28. The van der Waals surface area contributed by atoms with Crippen molar-refractivity contribution in [2.75, 3.05) is 25.5 Å². The summed E-state index contributed by atoms with van der Waals surface area (Å²) in [6.07, 6.45) is 2.64. The van der Waals surface area contributed by atoms with Crippen molar-refractivity contribution >= 4 is 34.1 Å². The van der Waals surface area contributed by atoms with E-state index in [4.69, 9.17) is 10.5 Å². The second-order valence-corrected chi connectivity index (χ2v) is 5.66. The van der Waals surface area contributed by atoms with Gasteiger partial charge in [-0.1, -0.05) is 0 Å². The number of anilines is 1. The van der Waals surface area contributed by atoms with Gasteiger partial charge in [-0.2, -0.15) is 0 Å². The molecule has 2 amide bonds. The average Bonchev–Trinajstić information content (AvgIpc) is 3.04. The van der Waals surface area contributed by atoms with Crippen LogP contribution >= 0.6 is 11.3 Å². The number of amides is 2. The van der Waals surface area contributed by atoms with Crippen LogP contribution in [-0.2, 0) is 27.2 Å². The van der Waals surface area contributed by atoms with Gasteiger partial charge in [-0.25, -0.2) is 4.79 Å². The van der Waals surface area contributed by atoms with Crippen LogP contribution in [0, 0.1) is 0 Å². The first-order valence-electron chi connectivity index (χ1n) is 6.60. The van der Waals surface area contributed by atoms with Crippen molar-refractivity contribution in [3.8, 4) is 0 Å². The average molecular weight is 311 g/mol. The number of aryl methyl sites for hydroxylation is 1. The van der Waals surface area contributed by atoms with Crippen LogP contribution in [0.15, 0.2) is 0 Å². The third-order valence-corrected chi connectivity index (χ3v) is 4.38. The van der Waals surface area contributed by atoms with Gasteiger partial charge in [0.05, 0.1) is 12.7 Å². The third kappa shape index (κ3) is 3.22. The van der Waals surface area contributed by atoms with Gasteiger partial charge in [-0.3, -0.25) is 9.59 Å². The highest BCUT2D eigenvalue weighted by Crippen LogP contribution is 2.39. The number of methoxy groups -OCH3 is 1. The van der Waals surface area contributed by atoms with Gasteiger partial charge in [0.15, 0.2) is 0 Å². The van der Waals surface area contributed by atoms with E-state index >= 15 is 0 Å². The van der Waals surface area contributed by atoms with Crippen molar-refractivity contribution < 1.29 is 19.1 Å². The Morgan fingerprint density at radius 1 is 1.29 bits per heavy atom. The highest BCUT2D eigenvalue weighted by molar-refractivity contribution is 7.17. The quantitative estimate of drug-likeness (QED) is 0.537. The van der Waals surface area contributed by atoms with E-state index in [9.17, 15) is 14.4 Å². The molecule has 0 atom stereocenters. The Kier molecular flexibility index (Phi) is 4.92. The number of fused-ring (bicyclic) bond motifs is 1. The molecule has 1 aromatic heterocycles. The first-order valence-corrected chi connectivity index (χ1v) is 7.42. The van der Waals surface area contributed by atoms with Gasteiger partial charge in [-0.05, 0) is 24.8 Å². The number of nitrogens with one attached hydrogen (secondary N) is 2. The molecule has 0 radical (unpaired) electrons. The van der Waals surface area contributed by atoms with Crippen molar-refractivity contribution in [2.45, 2.75) is 19.3 Å². The molecular formula is C13H17N3O4S. The van der Waals surface area contributed by atoms with E-state index in [-0.39, 0.29) is 13.1 Å². The first-order chi connectivity index (χ1) is 10.1. The second kappa shape index (κ2) is 6.68. The fourth-order valence-corrected chi connectivity index (χ4v) is 3.51. The molecule has 0 spiro atoms. The second-order valence-electron chi connectivity index (χ2n) is 4.55. The zero-order chi connectivity index (χ0) is 15.4. The molecule has 1 heterocycles. The maximum absolute atomic E-state index is 11.9. The number of carbonyl (C=O) groups excluding carboxylic acids is 3. The largest absolute Gasteiger partial charge is 0.465 e. The molecule has 0 saturated carbocycles. The number of hydrogen-bond acceptors (Lipinski definition) is 6. The summed E-state index contributed by atoms with van der Waals surface area (Å²) in [5, 5.41) is 5.24. The lowest BCUT2D eigenvalue weighted by Gasteiger charge is -2.07. The highest BCUT2D eigenvalue weighted by atomic mass is 32.1. The van der Waals surface area contributed by atoms with Crippen LogP contribution < -0.4 is 16.4 Å². The molecule has 0 saturated heterocycles. The summed E-state index contributed by atoms with van der Waals surface area (Å²) in [6.45, 7) is 0.469. The van der Waals surface area contributed by atoms with Crippen LogP contribution in [0.3, 0.4) is 0 Å². The van der Waals surface area contributed by atoms with Gasteiger partial charge in [0.1, 0.15) is 5.00 Å². The Labute approximate surface area is 125 Å². The fourth-order valence-electron chi connectivity index (χ4n) is 2.24. The molecule has 0 bridgehead atoms. The Morgan fingerprint density at radius 3 is 2.71 bits per heavy atom. The SMILES string of the molecule is COC(=O)c1c(NC(=O)C(=O)NCCN)sc2c1CCC2. The molecule has 4 N–H and O–H groups in total. The third-order valence-electron chi connectivity index (χ3n) is 3.17. The predicted octanol–water partition coefficient (Wildman–Crippen LogP) is 0.0368. The lowest BCUT2D eigenvalue weighted by Crippen LogP contribution is -2.38. The molecule has 1 aliphatic rings. The van der Waals surface area contributed by atoms with Crippen LogP contribution in [0.5, 0.6) is 0 Å². The van der Waals surface area contributed by atoms with Crippen molar-refractivity contribution in [1.82, 2.24) is 5.32 Å². The molecule has 1 aromatic rings. The maximum Gasteiger partial charge on any atom is 0.341 e. The molecule has 7 nitrogen and oxygen atoms in total. The summed E-state index contributed by atoms with van der Waals surface area (Å²) < 4.78 is 4.77. The van der Waals surface area contributed by atoms with Gasteiger partial charge in [-0.15, -0.1) is 11.3 Å². The Bertz CT molecular complexity index is 582. The number of ether oxygens (including phenoxy) is 1. The van der Waals surface area contributed by atoms with Crippen molar-refractivity contribution in [2.24, 2.45) is 5.73 Å². The molecule has 2 rings (SSSR count). The van der Waals surface area contributed by atoms with E-state index in [1.165, 1.54) is 18.4 Å². The van der Waals surface area contributed by atoms with Crippen molar-refractivity contribution in [3.63, 3.8) is 0 Å². The Hall–Kier alpha value is -1.93. The molecule has 1 aliphatic carbocycles. The number of hydrogen-bond donors (Lipinski definition) is 3. The molecule has 0 unspecified atom stereocenters. The standard InChI is InChI=1S/C13H17N3O4S/c1-20-13(19)9-7-3-2-4-8(7)21-12(9)16-11(18)10(17)15-6-5-14/h2-6,14H2,1H3,(H,15,17)(H,16,18). The topological polar surface area (TPSA) is 111 Å². The van der Waals surface area contributed by atoms with E-state index in [1.54, 1.807) is 0 Å². The zero-order valence-corrected chi connectivity index (χ0v) is 12.5. The molecule has 0 aromatic carbocycles. The Balaban J connectivity index is 2.18. The van der Waals surface area contributed by atoms with Crippen LogP contribution in [0.25, 0.3) is 0 Å².